The maximum absolute atomic E-state index is 14.9. The number of aryl methyl sites for hydroxylation is 1. The van der Waals surface area contributed by atoms with Gasteiger partial charge in [-0.1, -0.05) is 36.4 Å². The highest BCUT2D eigenvalue weighted by Gasteiger charge is 2.29. The molecule has 1 aliphatic heterocycles. The lowest BCUT2D eigenvalue weighted by Gasteiger charge is -2.34. The minimum Gasteiger partial charge on any atom is -0.444 e. The Labute approximate surface area is 203 Å². The van der Waals surface area contributed by atoms with Gasteiger partial charge in [-0.15, -0.1) is 0 Å². The highest BCUT2D eigenvalue weighted by molar-refractivity contribution is 6.03. The number of benzene rings is 2. The third kappa shape index (κ3) is 5.86. The summed E-state index contributed by atoms with van der Waals surface area (Å²) in [5, 5.41) is 7.00. The van der Waals surface area contributed by atoms with Crippen molar-refractivity contribution in [3.05, 3.63) is 71.7 Å². The third-order valence-corrected chi connectivity index (χ3v) is 5.51. The molecule has 4 rings (SSSR count). The summed E-state index contributed by atoms with van der Waals surface area (Å²) in [6, 6.07) is 15.6. The summed E-state index contributed by atoms with van der Waals surface area (Å²) in [6.45, 7) is 6.38. The van der Waals surface area contributed by atoms with Crippen molar-refractivity contribution < 1.29 is 23.5 Å². The predicted octanol–water partition coefficient (Wildman–Crippen LogP) is 4.79. The second-order valence-corrected chi connectivity index (χ2v) is 9.38. The van der Waals surface area contributed by atoms with E-state index in [4.69, 9.17) is 9.47 Å². The summed E-state index contributed by atoms with van der Waals surface area (Å²) in [5.41, 5.74) is 1.84. The molecule has 1 aromatic heterocycles. The van der Waals surface area contributed by atoms with E-state index in [1.165, 1.54) is 16.8 Å². The van der Waals surface area contributed by atoms with E-state index in [9.17, 15) is 14.0 Å². The third-order valence-electron chi connectivity index (χ3n) is 5.51. The molecule has 35 heavy (non-hydrogen) atoms. The van der Waals surface area contributed by atoms with E-state index in [1.54, 1.807) is 44.9 Å². The quantitative estimate of drug-likeness (QED) is 0.581. The van der Waals surface area contributed by atoms with Crippen molar-refractivity contribution in [1.29, 1.82) is 0 Å². The summed E-state index contributed by atoms with van der Waals surface area (Å²) >= 11 is 0. The number of rotatable bonds is 4. The number of carbonyl (C=O) groups excluding carboxylic acids is 2. The van der Waals surface area contributed by atoms with E-state index in [0.29, 0.717) is 30.1 Å². The molecule has 1 unspecified atom stereocenters. The van der Waals surface area contributed by atoms with Gasteiger partial charge in [0.15, 0.2) is 0 Å². The van der Waals surface area contributed by atoms with Gasteiger partial charge in [0, 0.05) is 19.2 Å². The second kappa shape index (κ2) is 9.87. The SMILES string of the molecule is Cn1nc(-c2ccccc2)cc1C(=O)Nc1ccc(C2CN(C(=O)OC(C)(C)C)CCO2)cc1F. The first-order chi connectivity index (χ1) is 16.6. The molecule has 1 aliphatic rings. The van der Waals surface area contributed by atoms with E-state index < -0.39 is 29.5 Å². The van der Waals surface area contributed by atoms with Crippen LogP contribution in [0.2, 0.25) is 0 Å². The van der Waals surface area contributed by atoms with Gasteiger partial charge in [0.1, 0.15) is 23.2 Å². The van der Waals surface area contributed by atoms with Gasteiger partial charge >= 0.3 is 6.09 Å². The molecule has 0 spiro atoms. The van der Waals surface area contributed by atoms with Gasteiger partial charge in [-0.05, 0) is 44.5 Å². The monoisotopic (exact) mass is 480 g/mol. The Morgan fingerprint density at radius 1 is 1.14 bits per heavy atom. The van der Waals surface area contributed by atoms with Gasteiger partial charge in [-0.2, -0.15) is 5.10 Å². The summed E-state index contributed by atoms with van der Waals surface area (Å²) in [7, 11) is 1.66. The van der Waals surface area contributed by atoms with Crippen LogP contribution in [-0.2, 0) is 16.5 Å². The van der Waals surface area contributed by atoms with E-state index in [0.717, 1.165) is 5.56 Å². The maximum Gasteiger partial charge on any atom is 0.410 e. The number of ether oxygens (including phenoxy) is 2. The van der Waals surface area contributed by atoms with Crippen LogP contribution < -0.4 is 5.32 Å². The smallest absolute Gasteiger partial charge is 0.410 e. The molecule has 2 heterocycles. The molecule has 1 N–H and O–H groups in total. The summed E-state index contributed by atoms with van der Waals surface area (Å²) in [4.78, 5) is 26.8. The van der Waals surface area contributed by atoms with Crippen LogP contribution in [0.25, 0.3) is 11.3 Å². The molecule has 0 bridgehead atoms. The van der Waals surface area contributed by atoms with Crippen LogP contribution in [0.5, 0.6) is 0 Å². The lowest BCUT2D eigenvalue weighted by molar-refractivity contribution is -0.0433. The first-order valence-electron chi connectivity index (χ1n) is 11.4. The molecule has 184 valence electrons. The topological polar surface area (TPSA) is 85.7 Å². The number of morpholine rings is 1. The number of nitrogens with zero attached hydrogens (tertiary/aromatic N) is 3. The maximum atomic E-state index is 14.9. The van der Waals surface area contributed by atoms with Crippen LogP contribution in [0.15, 0.2) is 54.6 Å². The van der Waals surface area contributed by atoms with E-state index in [-0.39, 0.29) is 12.2 Å². The predicted molar refractivity (Wildman–Crippen MR) is 129 cm³/mol. The Morgan fingerprint density at radius 3 is 2.57 bits per heavy atom. The van der Waals surface area contributed by atoms with Crippen LogP contribution in [0.1, 0.15) is 42.9 Å². The van der Waals surface area contributed by atoms with Crippen LogP contribution in [0.4, 0.5) is 14.9 Å². The van der Waals surface area contributed by atoms with Gasteiger partial charge in [-0.25, -0.2) is 9.18 Å². The Kier molecular flexibility index (Phi) is 6.88. The van der Waals surface area contributed by atoms with Gasteiger partial charge in [0.25, 0.3) is 5.91 Å². The Balaban J connectivity index is 1.45. The molecule has 0 aliphatic carbocycles. The molecule has 2 amide bonds. The normalized spacial score (nSPS) is 16.1. The highest BCUT2D eigenvalue weighted by Crippen LogP contribution is 2.27. The van der Waals surface area contributed by atoms with Crippen molar-refractivity contribution in [1.82, 2.24) is 14.7 Å². The summed E-state index contributed by atoms with van der Waals surface area (Å²) < 4.78 is 27.6. The van der Waals surface area contributed by atoms with Crippen molar-refractivity contribution in [2.45, 2.75) is 32.5 Å². The molecule has 1 saturated heterocycles. The molecule has 3 aromatic rings. The van der Waals surface area contributed by atoms with Gasteiger partial charge in [0.05, 0.1) is 24.5 Å². The summed E-state index contributed by atoms with van der Waals surface area (Å²) in [6.07, 6.45) is -0.928. The number of nitrogens with one attached hydrogen (secondary N) is 1. The highest BCUT2D eigenvalue weighted by atomic mass is 19.1. The zero-order chi connectivity index (χ0) is 25.2. The molecule has 8 nitrogen and oxygen atoms in total. The molecule has 0 radical (unpaired) electrons. The first kappa shape index (κ1) is 24.4. The van der Waals surface area contributed by atoms with Crippen LogP contribution in [0.3, 0.4) is 0 Å². The number of hydrogen-bond donors (Lipinski definition) is 1. The number of carbonyl (C=O) groups is 2. The van der Waals surface area contributed by atoms with Crippen molar-refractivity contribution >= 4 is 17.7 Å². The van der Waals surface area contributed by atoms with E-state index >= 15 is 0 Å². The van der Waals surface area contributed by atoms with Gasteiger partial charge < -0.3 is 19.7 Å². The van der Waals surface area contributed by atoms with Gasteiger partial charge in [0.2, 0.25) is 0 Å². The molecule has 9 heteroatoms. The standard InChI is InChI=1S/C26H29FN4O4/c1-26(2,3)35-25(33)31-12-13-34-23(16-31)18-10-11-20(19(27)14-18)28-24(32)22-15-21(29-30(22)4)17-8-6-5-7-9-17/h5-11,14-15,23H,12-13,16H2,1-4H3,(H,28,32). The lowest BCUT2D eigenvalue weighted by atomic mass is 10.1. The van der Waals surface area contributed by atoms with Crippen molar-refractivity contribution in [3.8, 4) is 11.3 Å². The van der Waals surface area contributed by atoms with Crippen molar-refractivity contribution in [3.63, 3.8) is 0 Å². The molecule has 0 saturated carbocycles. The summed E-state index contributed by atoms with van der Waals surface area (Å²) in [5.74, 6) is -1.07. The minimum atomic E-state index is -0.605. The number of amides is 2. The average molecular weight is 481 g/mol. The zero-order valence-corrected chi connectivity index (χ0v) is 20.2. The van der Waals surface area contributed by atoms with Crippen LogP contribution in [-0.4, -0.2) is 52.0 Å². The fraction of sp³-hybridized carbons (Fsp3) is 0.346. The number of hydrogen-bond acceptors (Lipinski definition) is 5. The Morgan fingerprint density at radius 2 is 1.89 bits per heavy atom. The Hall–Kier alpha value is -3.72. The number of aromatic nitrogens is 2. The lowest BCUT2D eigenvalue weighted by Crippen LogP contribution is -2.44. The van der Waals surface area contributed by atoms with Gasteiger partial charge in [-0.3, -0.25) is 9.48 Å². The number of anilines is 1. The van der Waals surface area contributed by atoms with Crippen molar-refractivity contribution in [2.24, 2.45) is 7.05 Å². The molecule has 1 fully saturated rings. The fourth-order valence-corrected chi connectivity index (χ4v) is 3.79. The second-order valence-electron chi connectivity index (χ2n) is 9.38. The molecular weight excluding hydrogens is 451 g/mol. The minimum absolute atomic E-state index is 0.0426. The molecule has 2 aromatic carbocycles. The van der Waals surface area contributed by atoms with Crippen LogP contribution in [0, 0.1) is 5.82 Å². The van der Waals surface area contributed by atoms with Crippen LogP contribution >= 0.6 is 0 Å². The average Bonchev–Trinajstić information content (AvgIpc) is 3.21. The molecular formula is C26H29FN4O4. The first-order valence-corrected chi connectivity index (χ1v) is 11.4. The zero-order valence-electron chi connectivity index (χ0n) is 20.2. The molecule has 1 atom stereocenters. The Bertz CT molecular complexity index is 1220. The largest absolute Gasteiger partial charge is 0.444 e. The number of halogens is 1. The fourth-order valence-electron chi connectivity index (χ4n) is 3.79. The van der Waals surface area contributed by atoms with E-state index in [1.807, 2.05) is 30.3 Å². The van der Waals surface area contributed by atoms with Crippen molar-refractivity contribution in [2.75, 3.05) is 25.0 Å². The van der Waals surface area contributed by atoms with E-state index in [2.05, 4.69) is 10.4 Å².